The number of hydrogen-bond donors (Lipinski definition) is 1. The Morgan fingerprint density at radius 2 is 1.88 bits per heavy atom. The van der Waals surface area contributed by atoms with E-state index in [0.717, 1.165) is 17.7 Å². The summed E-state index contributed by atoms with van der Waals surface area (Å²) in [5.74, 6) is 0.363. The van der Waals surface area contributed by atoms with Crippen LogP contribution in [0, 0.1) is 5.82 Å². The first-order valence-corrected chi connectivity index (χ1v) is 12.4. The molecule has 1 aliphatic rings. The fourth-order valence-corrected chi connectivity index (χ4v) is 5.47. The van der Waals surface area contributed by atoms with Gasteiger partial charge >= 0.3 is 0 Å². The summed E-state index contributed by atoms with van der Waals surface area (Å²) in [5.41, 5.74) is 0.775. The summed E-state index contributed by atoms with van der Waals surface area (Å²) in [5, 5.41) is 11.6. The Hall–Kier alpha value is -3.09. The zero-order chi connectivity index (χ0) is 23.4. The molecule has 9 nitrogen and oxygen atoms in total. The van der Waals surface area contributed by atoms with Gasteiger partial charge in [0.25, 0.3) is 0 Å². The molecule has 12 heteroatoms. The van der Waals surface area contributed by atoms with Crippen molar-refractivity contribution >= 4 is 32.4 Å². The number of halogens is 1. The maximum absolute atomic E-state index is 13.2. The number of carbonyl (C=O) groups excluding carboxylic acids is 1. The quantitative estimate of drug-likeness (QED) is 0.487. The van der Waals surface area contributed by atoms with E-state index in [1.54, 1.807) is 12.1 Å². The van der Waals surface area contributed by atoms with E-state index in [-0.39, 0.29) is 31.2 Å². The molecule has 0 aliphatic carbocycles. The highest BCUT2D eigenvalue weighted by atomic mass is 32.2. The molecule has 0 radical (unpaired) electrons. The number of fused-ring (bicyclic) bond motifs is 1. The summed E-state index contributed by atoms with van der Waals surface area (Å²) < 4.78 is 50.8. The van der Waals surface area contributed by atoms with Crippen molar-refractivity contribution in [3.8, 4) is 22.1 Å². The third-order valence-corrected chi connectivity index (χ3v) is 7.60. The lowest BCUT2D eigenvalue weighted by molar-refractivity contribution is -0.116. The largest absolute Gasteiger partial charge is 0.454 e. The van der Waals surface area contributed by atoms with Crippen LogP contribution in [-0.2, 0) is 14.8 Å². The van der Waals surface area contributed by atoms with Crippen LogP contribution >= 0.6 is 11.3 Å². The molecule has 0 atom stereocenters. The van der Waals surface area contributed by atoms with Gasteiger partial charge in [-0.05, 0) is 48.9 Å². The van der Waals surface area contributed by atoms with E-state index in [0.29, 0.717) is 28.1 Å². The van der Waals surface area contributed by atoms with Gasteiger partial charge in [0.15, 0.2) is 11.5 Å². The van der Waals surface area contributed by atoms with E-state index in [1.165, 1.54) is 27.8 Å². The number of benzene rings is 2. The second kappa shape index (κ2) is 9.81. The number of anilines is 1. The number of ether oxygens (including phenoxy) is 2. The Morgan fingerprint density at radius 1 is 1.12 bits per heavy atom. The van der Waals surface area contributed by atoms with Crippen molar-refractivity contribution in [2.45, 2.75) is 24.7 Å². The highest BCUT2D eigenvalue weighted by Crippen LogP contribution is 2.37. The lowest BCUT2D eigenvalue weighted by Gasteiger charge is -2.21. The minimum Gasteiger partial charge on any atom is -0.454 e. The SMILES string of the molecule is CCCN(CCC(=O)Nc1nnc(-c2ccc3c(c2)OCO3)s1)S(=O)(=O)c1ccc(F)cc1. The number of amides is 1. The lowest BCUT2D eigenvalue weighted by Crippen LogP contribution is -2.34. The van der Waals surface area contributed by atoms with Crippen molar-refractivity contribution in [3.05, 3.63) is 48.3 Å². The molecule has 4 rings (SSSR count). The van der Waals surface area contributed by atoms with Crippen LogP contribution in [0.5, 0.6) is 11.5 Å². The van der Waals surface area contributed by atoms with Gasteiger partial charge in [-0.15, -0.1) is 10.2 Å². The molecule has 174 valence electrons. The number of rotatable bonds is 9. The molecule has 0 bridgehead atoms. The molecule has 2 aromatic carbocycles. The minimum absolute atomic E-state index is 0.0183. The Balaban J connectivity index is 1.38. The van der Waals surface area contributed by atoms with Gasteiger partial charge in [0.05, 0.1) is 4.90 Å². The molecule has 0 saturated heterocycles. The summed E-state index contributed by atoms with van der Waals surface area (Å²) in [6.07, 6.45) is 0.497. The Kier molecular flexibility index (Phi) is 6.86. The highest BCUT2D eigenvalue weighted by molar-refractivity contribution is 7.89. The van der Waals surface area contributed by atoms with Crippen molar-refractivity contribution in [2.75, 3.05) is 25.2 Å². The van der Waals surface area contributed by atoms with Gasteiger partial charge in [-0.1, -0.05) is 18.3 Å². The smallest absolute Gasteiger partial charge is 0.243 e. The van der Waals surface area contributed by atoms with Gasteiger partial charge in [0.1, 0.15) is 10.8 Å². The van der Waals surface area contributed by atoms with Gasteiger partial charge in [0, 0.05) is 25.1 Å². The van der Waals surface area contributed by atoms with Crippen molar-refractivity contribution in [3.63, 3.8) is 0 Å². The third kappa shape index (κ3) is 5.29. The molecule has 1 aliphatic heterocycles. The number of aromatic nitrogens is 2. The van der Waals surface area contributed by atoms with E-state index in [1.807, 2.05) is 13.0 Å². The van der Waals surface area contributed by atoms with Crippen LogP contribution in [0.4, 0.5) is 9.52 Å². The van der Waals surface area contributed by atoms with Crippen LogP contribution < -0.4 is 14.8 Å². The highest BCUT2D eigenvalue weighted by Gasteiger charge is 2.24. The van der Waals surface area contributed by atoms with Crippen LogP contribution in [0.15, 0.2) is 47.4 Å². The van der Waals surface area contributed by atoms with Gasteiger partial charge in [-0.25, -0.2) is 12.8 Å². The molecule has 0 spiro atoms. The predicted octanol–water partition coefficient (Wildman–Crippen LogP) is 3.50. The number of nitrogens with zero attached hydrogens (tertiary/aromatic N) is 3. The standard InChI is InChI=1S/C21H21FN4O5S2/c1-2-10-26(33(28,29)16-6-4-15(22)5-7-16)11-9-19(27)23-21-25-24-20(32-21)14-3-8-17-18(12-14)31-13-30-17/h3-8,12H,2,9-11,13H2,1H3,(H,23,25,27). The van der Waals surface area contributed by atoms with Crippen molar-refractivity contribution < 1.29 is 27.1 Å². The topological polar surface area (TPSA) is 111 Å². The number of nitrogens with one attached hydrogen (secondary N) is 1. The lowest BCUT2D eigenvalue weighted by atomic mass is 10.2. The summed E-state index contributed by atoms with van der Waals surface area (Å²) in [7, 11) is -3.85. The van der Waals surface area contributed by atoms with Crippen molar-refractivity contribution in [1.29, 1.82) is 0 Å². The van der Waals surface area contributed by atoms with Crippen LogP contribution in [-0.4, -0.2) is 48.7 Å². The maximum Gasteiger partial charge on any atom is 0.243 e. The van der Waals surface area contributed by atoms with Crippen LogP contribution in [0.3, 0.4) is 0 Å². The van der Waals surface area contributed by atoms with Crippen molar-refractivity contribution in [2.24, 2.45) is 0 Å². The van der Waals surface area contributed by atoms with Gasteiger partial charge in [0.2, 0.25) is 27.9 Å². The molecule has 0 unspecified atom stereocenters. The molecule has 0 saturated carbocycles. The Labute approximate surface area is 194 Å². The molecule has 1 amide bonds. The number of hydrogen-bond acceptors (Lipinski definition) is 8. The monoisotopic (exact) mass is 492 g/mol. The molecule has 1 aromatic heterocycles. The molecule has 33 heavy (non-hydrogen) atoms. The van der Waals surface area contributed by atoms with Crippen LogP contribution in [0.2, 0.25) is 0 Å². The first-order chi connectivity index (χ1) is 15.9. The summed E-state index contributed by atoms with van der Waals surface area (Å²) in [4.78, 5) is 12.4. The van der Waals surface area contributed by atoms with Crippen LogP contribution in [0.1, 0.15) is 19.8 Å². The molecule has 2 heterocycles. The first kappa shape index (κ1) is 23.1. The minimum atomic E-state index is -3.85. The fraction of sp³-hybridized carbons (Fsp3) is 0.286. The molecule has 1 N–H and O–H groups in total. The summed E-state index contributed by atoms with van der Waals surface area (Å²) in [6.45, 7) is 2.22. The van der Waals surface area contributed by atoms with Gasteiger partial charge in [-0.3, -0.25) is 4.79 Å². The average Bonchev–Trinajstić information content (AvgIpc) is 3.45. The summed E-state index contributed by atoms with van der Waals surface area (Å²) >= 11 is 1.19. The van der Waals surface area contributed by atoms with E-state index in [2.05, 4.69) is 15.5 Å². The van der Waals surface area contributed by atoms with Gasteiger partial charge in [-0.2, -0.15) is 4.31 Å². The molecule has 0 fully saturated rings. The number of carbonyl (C=O) groups is 1. The normalized spacial score (nSPS) is 12.8. The molecule has 3 aromatic rings. The zero-order valence-electron chi connectivity index (χ0n) is 17.7. The number of sulfonamides is 1. The predicted molar refractivity (Wildman–Crippen MR) is 120 cm³/mol. The van der Waals surface area contributed by atoms with Crippen LogP contribution in [0.25, 0.3) is 10.6 Å². The Bertz CT molecular complexity index is 1250. The second-order valence-corrected chi connectivity index (χ2v) is 10.1. The Morgan fingerprint density at radius 3 is 2.64 bits per heavy atom. The van der Waals surface area contributed by atoms with Crippen molar-refractivity contribution in [1.82, 2.24) is 14.5 Å². The maximum atomic E-state index is 13.2. The average molecular weight is 493 g/mol. The third-order valence-electron chi connectivity index (χ3n) is 4.80. The van der Waals surface area contributed by atoms with E-state index in [9.17, 15) is 17.6 Å². The summed E-state index contributed by atoms with van der Waals surface area (Å²) in [6, 6.07) is 10.0. The molecular formula is C21H21FN4O5S2. The van der Waals surface area contributed by atoms with E-state index < -0.39 is 21.7 Å². The van der Waals surface area contributed by atoms with E-state index in [4.69, 9.17) is 9.47 Å². The molecular weight excluding hydrogens is 471 g/mol. The first-order valence-electron chi connectivity index (χ1n) is 10.2. The second-order valence-electron chi connectivity index (χ2n) is 7.14. The fourth-order valence-electron chi connectivity index (χ4n) is 3.19. The van der Waals surface area contributed by atoms with E-state index >= 15 is 0 Å². The van der Waals surface area contributed by atoms with Gasteiger partial charge < -0.3 is 14.8 Å². The zero-order valence-corrected chi connectivity index (χ0v) is 19.3.